The van der Waals surface area contributed by atoms with Gasteiger partial charge >= 0.3 is 6.01 Å². The van der Waals surface area contributed by atoms with E-state index in [0.717, 1.165) is 0 Å². The van der Waals surface area contributed by atoms with Crippen LogP contribution in [0.4, 0.5) is 0 Å². The zero-order chi connectivity index (χ0) is 11.6. The van der Waals surface area contributed by atoms with E-state index in [1.807, 2.05) is 0 Å². The van der Waals surface area contributed by atoms with Crippen molar-refractivity contribution in [2.75, 3.05) is 40.6 Å². The summed E-state index contributed by atoms with van der Waals surface area (Å²) in [5, 5.41) is 0. The summed E-state index contributed by atoms with van der Waals surface area (Å²) in [6.45, 7) is 1.88. The largest absolute Gasteiger partial charge is 0.475 e. The number of ether oxygens (including phenoxy) is 4. The minimum atomic E-state index is 0.284. The van der Waals surface area contributed by atoms with E-state index in [-0.39, 0.29) is 6.01 Å². The highest BCUT2D eigenvalue weighted by molar-refractivity contribution is 5.10. The molecule has 0 aliphatic heterocycles. The van der Waals surface area contributed by atoms with Crippen LogP contribution in [0.5, 0.6) is 11.9 Å². The lowest BCUT2D eigenvalue weighted by Gasteiger charge is -2.06. The Labute approximate surface area is 94.5 Å². The van der Waals surface area contributed by atoms with Crippen molar-refractivity contribution in [1.29, 1.82) is 0 Å². The standard InChI is InChI=1S/C10H16N2O4/c1-13-5-7-15-9-3-4-11-10(12-9)16-8-6-14-2/h3-4H,5-8H2,1-2H3. The van der Waals surface area contributed by atoms with E-state index >= 15 is 0 Å². The molecule has 1 aromatic rings. The van der Waals surface area contributed by atoms with Crippen molar-refractivity contribution >= 4 is 0 Å². The smallest absolute Gasteiger partial charge is 0.319 e. The number of aromatic nitrogens is 2. The first-order valence-corrected chi connectivity index (χ1v) is 4.93. The van der Waals surface area contributed by atoms with Crippen molar-refractivity contribution in [3.8, 4) is 11.9 Å². The van der Waals surface area contributed by atoms with Gasteiger partial charge in [-0.1, -0.05) is 0 Å². The molecule has 1 aromatic heterocycles. The second-order valence-electron chi connectivity index (χ2n) is 2.86. The summed E-state index contributed by atoms with van der Waals surface area (Å²) >= 11 is 0. The van der Waals surface area contributed by atoms with Crippen LogP contribution in [0.15, 0.2) is 12.3 Å². The van der Waals surface area contributed by atoms with Crippen molar-refractivity contribution in [3.05, 3.63) is 12.3 Å². The summed E-state index contributed by atoms with van der Waals surface area (Å²) < 4.78 is 20.2. The number of methoxy groups -OCH3 is 2. The van der Waals surface area contributed by atoms with Crippen LogP contribution in [-0.2, 0) is 9.47 Å². The molecular formula is C10H16N2O4. The fourth-order valence-corrected chi connectivity index (χ4v) is 0.921. The van der Waals surface area contributed by atoms with Crippen LogP contribution < -0.4 is 9.47 Å². The Morgan fingerprint density at radius 2 is 1.69 bits per heavy atom. The molecule has 0 amide bonds. The highest BCUT2D eigenvalue weighted by Crippen LogP contribution is 2.09. The van der Waals surface area contributed by atoms with Gasteiger partial charge in [0.25, 0.3) is 0 Å². The SMILES string of the molecule is COCCOc1ccnc(OCCOC)n1. The Balaban J connectivity index is 2.37. The zero-order valence-electron chi connectivity index (χ0n) is 9.51. The predicted molar refractivity (Wildman–Crippen MR) is 56.8 cm³/mol. The molecule has 0 aliphatic carbocycles. The molecule has 90 valence electrons. The lowest BCUT2D eigenvalue weighted by Crippen LogP contribution is -2.09. The molecule has 0 saturated carbocycles. The minimum absolute atomic E-state index is 0.284. The third kappa shape index (κ3) is 4.90. The number of hydrogen-bond acceptors (Lipinski definition) is 6. The zero-order valence-corrected chi connectivity index (χ0v) is 9.51. The summed E-state index contributed by atoms with van der Waals surface area (Å²) in [5.41, 5.74) is 0. The lowest BCUT2D eigenvalue weighted by molar-refractivity contribution is 0.134. The van der Waals surface area contributed by atoms with E-state index in [9.17, 15) is 0 Å². The van der Waals surface area contributed by atoms with Gasteiger partial charge in [-0.25, -0.2) is 4.98 Å². The van der Waals surface area contributed by atoms with E-state index < -0.39 is 0 Å². The molecule has 0 saturated heterocycles. The third-order valence-corrected chi connectivity index (χ3v) is 1.66. The molecule has 6 heteroatoms. The van der Waals surface area contributed by atoms with Gasteiger partial charge in [0.05, 0.1) is 13.2 Å². The Hall–Kier alpha value is -1.40. The van der Waals surface area contributed by atoms with Gasteiger partial charge in [0.2, 0.25) is 5.88 Å². The Morgan fingerprint density at radius 1 is 1.00 bits per heavy atom. The summed E-state index contributed by atoms with van der Waals surface area (Å²) in [4.78, 5) is 7.99. The second kappa shape index (κ2) is 7.84. The van der Waals surface area contributed by atoms with Crippen LogP contribution in [0.2, 0.25) is 0 Å². The van der Waals surface area contributed by atoms with Gasteiger partial charge in [-0.05, 0) is 0 Å². The molecule has 16 heavy (non-hydrogen) atoms. The maximum Gasteiger partial charge on any atom is 0.319 e. The van der Waals surface area contributed by atoms with Crippen molar-refractivity contribution in [2.24, 2.45) is 0 Å². The summed E-state index contributed by atoms with van der Waals surface area (Å²) in [7, 11) is 3.22. The van der Waals surface area contributed by atoms with Crippen molar-refractivity contribution < 1.29 is 18.9 Å². The van der Waals surface area contributed by atoms with Gasteiger partial charge in [-0.15, -0.1) is 0 Å². The van der Waals surface area contributed by atoms with Gasteiger partial charge in [0.1, 0.15) is 13.2 Å². The number of hydrogen-bond donors (Lipinski definition) is 0. The fraction of sp³-hybridized carbons (Fsp3) is 0.600. The molecule has 0 bridgehead atoms. The highest BCUT2D eigenvalue weighted by atomic mass is 16.5. The first-order valence-electron chi connectivity index (χ1n) is 4.93. The van der Waals surface area contributed by atoms with Crippen molar-refractivity contribution in [3.63, 3.8) is 0 Å². The third-order valence-electron chi connectivity index (χ3n) is 1.66. The molecule has 6 nitrogen and oxygen atoms in total. The fourth-order valence-electron chi connectivity index (χ4n) is 0.921. The summed E-state index contributed by atoms with van der Waals surface area (Å²) in [6.07, 6.45) is 1.58. The van der Waals surface area contributed by atoms with E-state index in [0.29, 0.717) is 32.3 Å². The maximum atomic E-state index is 5.31. The quantitative estimate of drug-likeness (QED) is 0.605. The van der Waals surface area contributed by atoms with Crippen LogP contribution in [-0.4, -0.2) is 50.6 Å². The molecular weight excluding hydrogens is 212 g/mol. The Morgan fingerprint density at radius 3 is 2.38 bits per heavy atom. The molecule has 0 atom stereocenters. The molecule has 1 heterocycles. The first-order chi connectivity index (χ1) is 7.86. The van der Waals surface area contributed by atoms with Crippen molar-refractivity contribution in [1.82, 2.24) is 9.97 Å². The summed E-state index contributed by atoms with van der Waals surface area (Å²) in [5.74, 6) is 0.472. The monoisotopic (exact) mass is 228 g/mol. The van der Waals surface area contributed by atoms with Crippen molar-refractivity contribution in [2.45, 2.75) is 0 Å². The number of rotatable bonds is 8. The maximum absolute atomic E-state index is 5.31. The molecule has 0 unspecified atom stereocenters. The van der Waals surface area contributed by atoms with E-state index in [4.69, 9.17) is 18.9 Å². The van der Waals surface area contributed by atoms with Gasteiger partial charge in [0.15, 0.2) is 0 Å². The van der Waals surface area contributed by atoms with Gasteiger partial charge in [-0.2, -0.15) is 4.98 Å². The minimum Gasteiger partial charge on any atom is -0.475 e. The predicted octanol–water partition coefficient (Wildman–Crippen LogP) is 0.527. The molecule has 1 rings (SSSR count). The average molecular weight is 228 g/mol. The molecule has 0 fully saturated rings. The first kappa shape index (κ1) is 12.7. The molecule has 0 radical (unpaired) electrons. The highest BCUT2D eigenvalue weighted by Gasteiger charge is 2.00. The van der Waals surface area contributed by atoms with Crippen LogP contribution in [0.1, 0.15) is 0 Å². The second-order valence-corrected chi connectivity index (χ2v) is 2.86. The topological polar surface area (TPSA) is 62.7 Å². The molecule has 0 aliphatic rings. The van der Waals surface area contributed by atoms with Crippen LogP contribution in [0, 0.1) is 0 Å². The van der Waals surface area contributed by atoms with Gasteiger partial charge in [-0.3, -0.25) is 0 Å². The summed E-state index contributed by atoms with van der Waals surface area (Å²) in [6, 6.07) is 1.95. The van der Waals surface area contributed by atoms with Gasteiger partial charge < -0.3 is 18.9 Å². The molecule has 0 N–H and O–H groups in total. The Kier molecular flexibility index (Phi) is 6.20. The molecule has 0 aromatic carbocycles. The van der Waals surface area contributed by atoms with Crippen LogP contribution in [0.3, 0.4) is 0 Å². The normalized spacial score (nSPS) is 10.1. The molecule has 0 spiro atoms. The van der Waals surface area contributed by atoms with Crippen LogP contribution in [0.25, 0.3) is 0 Å². The Bertz CT molecular complexity index is 271. The van der Waals surface area contributed by atoms with E-state index in [1.54, 1.807) is 26.5 Å². The van der Waals surface area contributed by atoms with Gasteiger partial charge in [0, 0.05) is 26.5 Å². The average Bonchev–Trinajstić information content (AvgIpc) is 2.30. The number of nitrogens with zero attached hydrogens (tertiary/aromatic N) is 2. The van der Waals surface area contributed by atoms with E-state index in [1.165, 1.54) is 0 Å². The lowest BCUT2D eigenvalue weighted by atomic mass is 10.6. The van der Waals surface area contributed by atoms with Crippen LogP contribution >= 0.6 is 0 Å². The van der Waals surface area contributed by atoms with E-state index in [2.05, 4.69) is 9.97 Å².